The van der Waals surface area contributed by atoms with Crippen molar-refractivity contribution in [3.05, 3.63) is 63.4 Å². The van der Waals surface area contributed by atoms with Crippen molar-refractivity contribution in [2.75, 3.05) is 10.6 Å². The van der Waals surface area contributed by atoms with Gasteiger partial charge in [0.25, 0.3) is 5.91 Å². The standard InChI is InChI=1S/C21H18ClN3O4/c1-11-9-25-10-15(20(27)18-16(22)7-8-17(29-11)19(18)25)21(28)24-14-5-3-13(4-6-14)23-12(2)26/h3-8,10-11H,9H2,1-2H3,(H,23,26)(H,24,28)/t11-/m1/s1. The zero-order valence-electron chi connectivity index (χ0n) is 15.8. The van der Waals surface area contributed by atoms with Crippen LogP contribution in [0.15, 0.2) is 47.4 Å². The van der Waals surface area contributed by atoms with E-state index in [-0.39, 0.29) is 28.0 Å². The van der Waals surface area contributed by atoms with Crippen LogP contribution in [0.4, 0.5) is 11.4 Å². The van der Waals surface area contributed by atoms with E-state index in [9.17, 15) is 14.4 Å². The molecule has 2 amide bonds. The van der Waals surface area contributed by atoms with Crippen molar-refractivity contribution in [3.8, 4) is 5.75 Å². The molecule has 0 spiro atoms. The summed E-state index contributed by atoms with van der Waals surface area (Å²) in [5.74, 6) is -0.149. The summed E-state index contributed by atoms with van der Waals surface area (Å²) >= 11 is 6.28. The Morgan fingerprint density at radius 2 is 1.76 bits per heavy atom. The summed E-state index contributed by atoms with van der Waals surface area (Å²) in [6.07, 6.45) is 1.44. The van der Waals surface area contributed by atoms with Gasteiger partial charge >= 0.3 is 0 Å². The lowest BCUT2D eigenvalue weighted by molar-refractivity contribution is -0.114. The van der Waals surface area contributed by atoms with Gasteiger partial charge in [0.2, 0.25) is 11.3 Å². The molecule has 0 saturated carbocycles. The van der Waals surface area contributed by atoms with E-state index >= 15 is 0 Å². The van der Waals surface area contributed by atoms with Crippen molar-refractivity contribution in [1.29, 1.82) is 0 Å². The molecule has 1 aliphatic heterocycles. The third-order valence-electron chi connectivity index (χ3n) is 4.62. The maximum absolute atomic E-state index is 13.0. The SMILES string of the molecule is CC(=O)Nc1ccc(NC(=O)c2cn3c4c(ccc(Cl)c4c2=O)O[C@H](C)C3)cc1. The van der Waals surface area contributed by atoms with Crippen LogP contribution in [0.25, 0.3) is 10.9 Å². The van der Waals surface area contributed by atoms with Gasteiger partial charge in [-0.1, -0.05) is 11.6 Å². The fraction of sp³-hybridized carbons (Fsp3) is 0.190. The Morgan fingerprint density at radius 3 is 2.41 bits per heavy atom. The van der Waals surface area contributed by atoms with E-state index in [2.05, 4.69) is 10.6 Å². The number of hydrogen-bond donors (Lipinski definition) is 2. The normalized spacial score (nSPS) is 14.9. The number of pyridine rings is 1. The molecule has 2 aromatic carbocycles. The highest BCUT2D eigenvalue weighted by Gasteiger charge is 2.24. The maximum atomic E-state index is 13.0. The van der Waals surface area contributed by atoms with Crippen LogP contribution < -0.4 is 20.8 Å². The minimum absolute atomic E-state index is 0.00316. The molecule has 2 heterocycles. The Bertz CT molecular complexity index is 1200. The number of anilines is 2. The van der Waals surface area contributed by atoms with Gasteiger partial charge in [-0.25, -0.2) is 0 Å². The Kier molecular flexibility index (Phi) is 4.76. The van der Waals surface area contributed by atoms with E-state index < -0.39 is 11.3 Å². The highest BCUT2D eigenvalue weighted by atomic mass is 35.5. The van der Waals surface area contributed by atoms with E-state index in [1.807, 2.05) is 11.5 Å². The Hall–Kier alpha value is -3.32. The van der Waals surface area contributed by atoms with Gasteiger partial charge in [-0.2, -0.15) is 0 Å². The lowest BCUT2D eigenvalue weighted by Crippen LogP contribution is -2.30. The quantitative estimate of drug-likeness (QED) is 0.688. The zero-order chi connectivity index (χ0) is 20.7. The molecule has 148 valence electrons. The highest BCUT2D eigenvalue weighted by Crippen LogP contribution is 2.33. The number of halogens is 1. The molecule has 29 heavy (non-hydrogen) atoms. The van der Waals surface area contributed by atoms with Crippen LogP contribution in [0.1, 0.15) is 24.2 Å². The first-order valence-corrected chi connectivity index (χ1v) is 9.42. The topological polar surface area (TPSA) is 89.4 Å². The van der Waals surface area contributed by atoms with E-state index in [4.69, 9.17) is 16.3 Å². The fourth-order valence-corrected chi connectivity index (χ4v) is 3.67. The molecule has 0 fully saturated rings. The van der Waals surface area contributed by atoms with Crippen molar-refractivity contribution >= 4 is 45.7 Å². The summed E-state index contributed by atoms with van der Waals surface area (Å²) < 4.78 is 7.63. The van der Waals surface area contributed by atoms with Crippen molar-refractivity contribution in [1.82, 2.24) is 4.57 Å². The number of carbonyl (C=O) groups is 2. The number of nitrogens with zero attached hydrogens (tertiary/aromatic N) is 1. The molecule has 8 heteroatoms. The number of rotatable bonds is 3. The fourth-order valence-electron chi connectivity index (χ4n) is 3.43. The van der Waals surface area contributed by atoms with Crippen LogP contribution in [0, 0.1) is 0 Å². The first-order valence-electron chi connectivity index (χ1n) is 9.05. The van der Waals surface area contributed by atoms with Crippen LogP contribution in [0.2, 0.25) is 5.02 Å². The summed E-state index contributed by atoms with van der Waals surface area (Å²) in [4.78, 5) is 37.0. The first-order chi connectivity index (χ1) is 13.8. The van der Waals surface area contributed by atoms with Crippen LogP contribution in [-0.4, -0.2) is 22.5 Å². The first kappa shape index (κ1) is 19.0. The molecular formula is C21H18ClN3O4. The number of carbonyl (C=O) groups excluding carboxylic acids is 2. The molecular weight excluding hydrogens is 394 g/mol. The second kappa shape index (κ2) is 7.25. The largest absolute Gasteiger partial charge is 0.487 e. The summed E-state index contributed by atoms with van der Waals surface area (Å²) in [6, 6.07) is 9.95. The average Bonchev–Trinajstić information content (AvgIpc) is 2.66. The molecule has 1 aromatic heterocycles. The Morgan fingerprint density at radius 1 is 1.10 bits per heavy atom. The number of nitrogens with one attached hydrogen (secondary N) is 2. The van der Waals surface area contributed by atoms with Gasteiger partial charge in [-0.3, -0.25) is 14.4 Å². The summed E-state index contributed by atoms with van der Waals surface area (Å²) in [5.41, 5.74) is 1.25. The monoisotopic (exact) mass is 411 g/mol. The van der Waals surface area contributed by atoms with E-state index in [0.29, 0.717) is 29.2 Å². The highest BCUT2D eigenvalue weighted by molar-refractivity contribution is 6.35. The molecule has 0 saturated heterocycles. The minimum Gasteiger partial charge on any atom is -0.487 e. The molecule has 0 aliphatic carbocycles. The maximum Gasteiger partial charge on any atom is 0.261 e. The van der Waals surface area contributed by atoms with Gasteiger partial charge in [-0.15, -0.1) is 0 Å². The molecule has 3 aromatic rings. The molecule has 2 N–H and O–H groups in total. The van der Waals surface area contributed by atoms with Crippen molar-refractivity contribution < 1.29 is 14.3 Å². The van der Waals surface area contributed by atoms with E-state index in [1.165, 1.54) is 6.92 Å². The molecule has 0 bridgehead atoms. The third kappa shape index (κ3) is 3.56. The minimum atomic E-state index is -0.534. The number of benzene rings is 2. The second-order valence-corrected chi connectivity index (χ2v) is 7.34. The van der Waals surface area contributed by atoms with Gasteiger partial charge in [-0.05, 0) is 43.3 Å². The number of ether oxygens (including phenoxy) is 1. The van der Waals surface area contributed by atoms with Crippen LogP contribution in [-0.2, 0) is 11.3 Å². The summed E-state index contributed by atoms with van der Waals surface area (Å²) in [6.45, 7) is 3.82. The summed E-state index contributed by atoms with van der Waals surface area (Å²) in [7, 11) is 0. The zero-order valence-corrected chi connectivity index (χ0v) is 16.5. The smallest absolute Gasteiger partial charge is 0.261 e. The molecule has 0 radical (unpaired) electrons. The van der Waals surface area contributed by atoms with E-state index in [1.54, 1.807) is 42.6 Å². The Labute approximate surface area is 171 Å². The van der Waals surface area contributed by atoms with Crippen LogP contribution in [0.3, 0.4) is 0 Å². The lowest BCUT2D eigenvalue weighted by atomic mass is 10.1. The van der Waals surface area contributed by atoms with Crippen molar-refractivity contribution in [2.45, 2.75) is 26.5 Å². The van der Waals surface area contributed by atoms with Gasteiger partial charge in [0.15, 0.2) is 0 Å². The van der Waals surface area contributed by atoms with Crippen LogP contribution in [0.5, 0.6) is 5.75 Å². The van der Waals surface area contributed by atoms with Gasteiger partial charge in [0.1, 0.15) is 17.4 Å². The van der Waals surface area contributed by atoms with Crippen molar-refractivity contribution in [3.63, 3.8) is 0 Å². The predicted octanol–water partition coefficient (Wildman–Crippen LogP) is 3.65. The molecule has 4 rings (SSSR count). The number of amides is 2. The number of aromatic nitrogens is 1. The predicted molar refractivity (Wildman–Crippen MR) is 112 cm³/mol. The molecule has 1 aliphatic rings. The molecule has 7 nitrogen and oxygen atoms in total. The molecule has 1 atom stereocenters. The third-order valence-corrected chi connectivity index (χ3v) is 4.94. The average molecular weight is 412 g/mol. The molecule has 0 unspecified atom stereocenters. The second-order valence-electron chi connectivity index (χ2n) is 6.93. The lowest BCUT2D eigenvalue weighted by Gasteiger charge is -2.26. The van der Waals surface area contributed by atoms with Gasteiger partial charge in [0.05, 0.1) is 22.5 Å². The van der Waals surface area contributed by atoms with E-state index in [0.717, 1.165) is 0 Å². The Balaban J connectivity index is 1.72. The van der Waals surface area contributed by atoms with Gasteiger partial charge in [0, 0.05) is 24.5 Å². The van der Waals surface area contributed by atoms with Crippen molar-refractivity contribution in [2.24, 2.45) is 0 Å². The number of hydrogen-bond acceptors (Lipinski definition) is 4. The van der Waals surface area contributed by atoms with Crippen LogP contribution >= 0.6 is 11.6 Å². The summed E-state index contributed by atoms with van der Waals surface area (Å²) in [5, 5.41) is 5.91. The van der Waals surface area contributed by atoms with Gasteiger partial charge < -0.3 is 19.9 Å².